The molecular weight excluding hydrogens is 202 g/mol. The second-order valence-corrected chi connectivity index (χ2v) is 2.58. The third-order valence-corrected chi connectivity index (χ3v) is 1.94. The lowest BCUT2D eigenvalue weighted by Crippen LogP contribution is -1.88. The Morgan fingerprint density at radius 2 is 1.38 bits per heavy atom. The van der Waals surface area contributed by atoms with Gasteiger partial charge in [0.05, 0.1) is 0 Å². The maximum Gasteiger partial charge on any atom is 0.163 e. The number of ketones is 1. The maximum atomic E-state index is 11.1. The van der Waals surface area contributed by atoms with Crippen LogP contribution < -0.4 is 17.2 Å². The molecule has 16 heavy (non-hydrogen) atoms. The molecule has 0 atom stereocenters. The molecule has 0 fully saturated rings. The van der Waals surface area contributed by atoms with E-state index in [4.69, 9.17) is 0 Å². The van der Waals surface area contributed by atoms with Crippen LogP contribution in [-0.4, -0.2) is 26.9 Å². The second kappa shape index (κ2) is 11.8. The summed E-state index contributed by atoms with van der Waals surface area (Å²) in [5.74, 6) is 0.301. The molecule has 92 valence electrons. The lowest BCUT2D eigenvalue weighted by molar-refractivity contribution is 0.0994. The Morgan fingerprint density at radius 1 is 0.875 bits per heavy atom. The maximum absolute atomic E-state index is 11.1. The molecule has 1 aromatic carbocycles. The van der Waals surface area contributed by atoms with Gasteiger partial charge in [-0.05, 0) is 33.1 Å². The van der Waals surface area contributed by atoms with Gasteiger partial charge in [0.2, 0.25) is 0 Å². The number of nitrogens with two attached hydrogens (primary N) is 3. The number of fused-ring (bicyclic) bond motifs is 1. The number of Topliss-reactive ketones (excluding diaryl/α,β-unsaturated/α-hetero) is 1. The lowest BCUT2D eigenvalue weighted by Gasteiger charge is -1.92. The molecule has 0 aromatic heterocycles. The van der Waals surface area contributed by atoms with Gasteiger partial charge in [-0.2, -0.15) is 0 Å². The van der Waals surface area contributed by atoms with Crippen LogP contribution in [0.2, 0.25) is 0 Å². The van der Waals surface area contributed by atoms with E-state index in [1.54, 1.807) is 0 Å². The number of aryl methyl sites for hydroxylation is 1. The predicted octanol–water partition coefficient (Wildman–Crippen LogP) is 0.540. The van der Waals surface area contributed by atoms with Crippen molar-refractivity contribution in [3.8, 4) is 0 Å². The number of carbonyl (C=O) groups excluding carboxylic acids is 1. The minimum atomic E-state index is 0.301. The zero-order valence-electron chi connectivity index (χ0n) is 10.4. The molecule has 0 radical (unpaired) electrons. The highest BCUT2D eigenvalue weighted by Gasteiger charge is 2.17. The van der Waals surface area contributed by atoms with Crippen LogP contribution >= 0.6 is 0 Å². The monoisotopic (exact) mass is 225 g/mol. The van der Waals surface area contributed by atoms with Crippen LogP contribution in [0.15, 0.2) is 24.3 Å². The summed E-state index contributed by atoms with van der Waals surface area (Å²) in [5, 5.41) is 0. The zero-order chi connectivity index (χ0) is 13.0. The van der Waals surface area contributed by atoms with Crippen molar-refractivity contribution in [3.05, 3.63) is 35.4 Å². The fourth-order valence-corrected chi connectivity index (χ4v) is 1.39. The third kappa shape index (κ3) is 5.02. The predicted molar refractivity (Wildman–Crippen MR) is 69.4 cm³/mol. The number of hydrogen-bond donors (Lipinski definition) is 3. The first-order chi connectivity index (χ1) is 7.88. The average molecular weight is 225 g/mol. The molecule has 0 saturated heterocycles. The van der Waals surface area contributed by atoms with Crippen molar-refractivity contribution in [2.75, 3.05) is 21.1 Å². The Balaban J connectivity index is 0. The van der Waals surface area contributed by atoms with Gasteiger partial charge in [0, 0.05) is 12.0 Å². The largest absolute Gasteiger partial charge is 0.333 e. The van der Waals surface area contributed by atoms with Crippen LogP contribution in [0.4, 0.5) is 0 Å². The molecule has 0 aliphatic heterocycles. The molecule has 0 bridgehead atoms. The summed E-state index contributed by atoms with van der Waals surface area (Å²) in [6.07, 6.45) is 1.65. The summed E-state index contributed by atoms with van der Waals surface area (Å²) in [4.78, 5) is 11.1. The van der Waals surface area contributed by atoms with Crippen LogP contribution in [0.3, 0.4) is 0 Å². The summed E-state index contributed by atoms with van der Waals surface area (Å²) < 4.78 is 0. The third-order valence-electron chi connectivity index (χ3n) is 1.94. The lowest BCUT2D eigenvalue weighted by atomic mass is 10.1. The van der Waals surface area contributed by atoms with Crippen LogP contribution in [0.5, 0.6) is 0 Å². The van der Waals surface area contributed by atoms with Crippen molar-refractivity contribution in [3.63, 3.8) is 0 Å². The van der Waals surface area contributed by atoms with Crippen LogP contribution in [0, 0.1) is 0 Å². The minimum absolute atomic E-state index is 0.301. The number of hydrogen-bond acceptors (Lipinski definition) is 4. The van der Waals surface area contributed by atoms with E-state index < -0.39 is 0 Å². The van der Waals surface area contributed by atoms with Crippen LogP contribution in [0.25, 0.3) is 0 Å². The van der Waals surface area contributed by atoms with Crippen molar-refractivity contribution >= 4 is 5.78 Å². The fourth-order valence-electron chi connectivity index (χ4n) is 1.39. The summed E-state index contributed by atoms with van der Waals surface area (Å²) in [5.41, 5.74) is 15.6. The first-order valence-electron chi connectivity index (χ1n) is 5.22. The molecule has 0 heterocycles. The summed E-state index contributed by atoms with van der Waals surface area (Å²) in [7, 11) is 4.50. The van der Waals surface area contributed by atoms with E-state index in [0.29, 0.717) is 12.2 Å². The fraction of sp³-hybridized carbons (Fsp3) is 0.417. The van der Waals surface area contributed by atoms with E-state index in [2.05, 4.69) is 17.2 Å². The standard InChI is InChI=1S/C9H8O.3CH5N/c10-9-6-5-7-3-1-2-4-8(7)9;3*1-2/h1-4H,5-6H2;3*2H2,1H3. The Kier molecular flexibility index (Phi) is 12.7. The second-order valence-electron chi connectivity index (χ2n) is 2.58. The molecule has 4 nitrogen and oxygen atoms in total. The van der Waals surface area contributed by atoms with Gasteiger partial charge in [0.25, 0.3) is 0 Å². The highest BCUT2D eigenvalue weighted by Crippen LogP contribution is 2.20. The highest BCUT2D eigenvalue weighted by molar-refractivity contribution is 6.00. The van der Waals surface area contributed by atoms with E-state index in [9.17, 15) is 4.79 Å². The van der Waals surface area contributed by atoms with Crippen molar-refractivity contribution in [2.24, 2.45) is 17.2 Å². The van der Waals surface area contributed by atoms with Crippen molar-refractivity contribution in [2.45, 2.75) is 12.8 Å². The summed E-state index contributed by atoms with van der Waals surface area (Å²) in [6.45, 7) is 0. The molecule has 1 aliphatic rings. The van der Waals surface area contributed by atoms with E-state index >= 15 is 0 Å². The molecule has 0 spiro atoms. The van der Waals surface area contributed by atoms with Crippen LogP contribution in [0.1, 0.15) is 22.3 Å². The highest BCUT2D eigenvalue weighted by atomic mass is 16.1. The Hall–Kier alpha value is -1.23. The first kappa shape index (κ1) is 17.2. The topological polar surface area (TPSA) is 95.1 Å². The smallest absolute Gasteiger partial charge is 0.163 e. The molecule has 1 aliphatic carbocycles. The van der Waals surface area contributed by atoms with Gasteiger partial charge in [-0.25, -0.2) is 0 Å². The molecule has 0 unspecified atom stereocenters. The summed E-state index contributed by atoms with van der Waals surface area (Å²) in [6, 6.07) is 7.84. The molecule has 1 aromatic rings. The van der Waals surface area contributed by atoms with Gasteiger partial charge >= 0.3 is 0 Å². The van der Waals surface area contributed by atoms with Crippen LogP contribution in [-0.2, 0) is 6.42 Å². The molecular formula is C12H23N3O. The number of benzene rings is 1. The Bertz CT molecular complexity index is 287. The van der Waals surface area contributed by atoms with Gasteiger partial charge in [-0.1, -0.05) is 24.3 Å². The first-order valence-corrected chi connectivity index (χ1v) is 5.22. The van der Waals surface area contributed by atoms with Gasteiger partial charge in [-0.15, -0.1) is 0 Å². The van der Waals surface area contributed by atoms with Gasteiger partial charge in [0.15, 0.2) is 5.78 Å². The zero-order valence-corrected chi connectivity index (χ0v) is 10.4. The summed E-state index contributed by atoms with van der Waals surface area (Å²) >= 11 is 0. The van der Waals surface area contributed by atoms with Gasteiger partial charge in [-0.3, -0.25) is 4.79 Å². The van der Waals surface area contributed by atoms with E-state index in [1.165, 1.54) is 26.7 Å². The molecule has 4 heteroatoms. The SMILES string of the molecule is CN.CN.CN.O=C1CCc2ccccc21. The average Bonchev–Trinajstić information content (AvgIpc) is 2.79. The van der Waals surface area contributed by atoms with Crippen molar-refractivity contribution in [1.29, 1.82) is 0 Å². The van der Waals surface area contributed by atoms with Gasteiger partial charge < -0.3 is 17.2 Å². The van der Waals surface area contributed by atoms with E-state index in [-0.39, 0.29) is 0 Å². The quantitative estimate of drug-likeness (QED) is 0.600. The van der Waals surface area contributed by atoms with Crippen molar-refractivity contribution < 1.29 is 4.79 Å². The minimum Gasteiger partial charge on any atom is -0.333 e. The van der Waals surface area contributed by atoms with E-state index in [1.807, 2.05) is 24.3 Å². The van der Waals surface area contributed by atoms with Gasteiger partial charge in [0.1, 0.15) is 0 Å². The normalized spacial score (nSPS) is 10.8. The molecule has 0 saturated carbocycles. The Morgan fingerprint density at radius 3 is 1.88 bits per heavy atom. The van der Waals surface area contributed by atoms with E-state index in [0.717, 1.165) is 12.0 Å². The molecule has 6 N–H and O–H groups in total. The molecule has 2 rings (SSSR count). The molecule has 0 amide bonds. The number of carbonyl (C=O) groups is 1. The van der Waals surface area contributed by atoms with Crippen molar-refractivity contribution in [1.82, 2.24) is 0 Å². The number of rotatable bonds is 0. The Labute approximate surface area is 97.8 Å².